The topological polar surface area (TPSA) is 67.8 Å². The maximum atomic E-state index is 12.3. The monoisotopic (exact) mass is 327 g/mol. The number of hydrogen-bond donors (Lipinski definition) is 2. The van der Waals surface area contributed by atoms with Crippen molar-refractivity contribution >= 4 is 5.91 Å². The van der Waals surface area contributed by atoms with E-state index >= 15 is 0 Å². The van der Waals surface area contributed by atoms with E-state index in [-0.39, 0.29) is 11.9 Å². The molecule has 5 heteroatoms. The fraction of sp³-hybridized carbons (Fsp3) is 0.833. The zero-order valence-electron chi connectivity index (χ0n) is 15.4. The zero-order valence-corrected chi connectivity index (χ0v) is 15.4. The minimum Gasteiger partial charge on any atom is -0.350 e. The minimum atomic E-state index is -1.32. The van der Waals surface area contributed by atoms with E-state index in [2.05, 4.69) is 5.32 Å². The van der Waals surface area contributed by atoms with E-state index in [9.17, 15) is 9.90 Å². The van der Waals surface area contributed by atoms with Crippen LogP contribution in [0.15, 0.2) is 12.2 Å². The Morgan fingerprint density at radius 3 is 2.43 bits per heavy atom. The van der Waals surface area contributed by atoms with Crippen molar-refractivity contribution in [1.82, 2.24) is 5.32 Å². The molecule has 134 valence electrons. The number of carbonyl (C=O) groups is 1. The molecule has 0 heterocycles. The molecule has 1 amide bonds. The molecule has 5 nitrogen and oxygen atoms in total. The average molecular weight is 327 g/mol. The molecule has 1 aliphatic carbocycles. The fourth-order valence-corrected chi connectivity index (χ4v) is 2.30. The van der Waals surface area contributed by atoms with E-state index in [0.717, 1.165) is 25.7 Å². The number of allylic oxidation sites excluding steroid dienone is 1. The lowest BCUT2D eigenvalue weighted by atomic mass is 9.93. The predicted molar refractivity (Wildman–Crippen MR) is 90.7 cm³/mol. The van der Waals surface area contributed by atoms with Gasteiger partial charge in [-0.2, -0.15) is 0 Å². The number of hydrogen-bond acceptors (Lipinski definition) is 4. The number of amides is 1. The van der Waals surface area contributed by atoms with E-state index in [0.29, 0.717) is 0 Å². The fourth-order valence-electron chi connectivity index (χ4n) is 2.30. The number of carbonyl (C=O) groups excluding carboxylic acids is 1. The van der Waals surface area contributed by atoms with Crippen LogP contribution >= 0.6 is 0 Å². The maximum Gasteiger partial charge on any atom is 0.270 e. The van der Waals surface area contributed by atoms with Crippen molar-refractivity contribution in [3.63, 3.8) is 0 Å². The Kier molecular flexibility index (Phi) is 7.24. The van der Waals surface area contributed by atoms with Gasteiger partial charge in [0.1, 0.15) is 6.10 Å². The molecule has 3 unspecified atom stereocenters. The summed E-state index contributed by atoms with van der Waals surface area (Å²) in [5.41, 5.74) is -0.966. The van der Waals surface area contributed by atoms with E-state index < -0.39 is 23.6 Å². The summed E-state index contributed by atoms with van der Waals surface area (Å²) in [4.78, 5) is 12.3. The summed E-state index contributed by atoms with van der Waals surface area (Å²) in [5, 5.41) is 13.1. The molecular formula is C18H33NO4. The molecule has 23 heavy (non-hydrogen) atoms. The molecule has 0 aromatic rings. The van der Waals surface area contributed by atoms with E-state index in [1.807, 2.05) is 53.7 Å². The van der Waals surface area contributed by atoms with Gasteiger partial charge in [0, 0.05) is 5.41 Å². The number of aliphatic hydroxyl groups is 1. The SMILES string of the molecule is CC(C)(C)OC(O)OC1/C=C/CCCCC1NC(=O)C(C)(C)C. The standard InChI is InChI=1S/C18H33NO4/c1-17(2,3)15(20)19-13-11-9-7-8-10-12-14(13)22-16(21)23-18(4,5)6/h10,12-14,16,21H,7-9,11H2,1-6H3,(H,19,20)/b12-10+. The molecule has 1 rings (SSSR count). The van der Waals surface area contributed by atoms with Crippen molar-refractivity contribution < 1.29 is 19.4 Å². The van der Waals surface area contributed by atoms with Gasteiger partial charge >= 0.3 is 0 Å². The van der Waals surface area contributed by atoms with Gasteiger partial charge in [-0.15, -0.1) is 0 Å². The molecule has 0 aromatic carbocycles. The number of rotatable bonds is 4. The third kappa shape index (κ3) is 7.95. The highest BCUT2D eigenvalue weighted by atomic mass is 16.8. The molecular weight excluding hydrogens is 294 g/mol. The predicted octanol–water partition coefficient (Wildman–Crippen LogP) is 3.12. The van der Waals surface area contributed by atoms with Crippen molar-refractivity contribution in [1.29, 1.82) is 0 Å². The Hall–Kier alpha value is -0.910. The van der Waals surface area contributed by atoms with Crippen LogP contribution in [0.1, 0.15) is 67.2 Å². The Labute approximate surface area is 140 Å². The summed E-state index contributed by atoms with van der Waals surface area (Å²) in [7, 11) is 0. The summed E-state index contributed by atoms with van der Waals surface area (Å²) in [6.45, 7) is 9.89. The van der Waals surface area contributed by atoms with Crippen LogP contribution < -0.4 is 5.32 Å². The Balaban J connectivity index is 2.78. The molecule has 0 radical (unpaired) electrons. The van der Waals surface area contributed by atoms with Gasteiger partial charge in [0.05, 0.1) is 11.6 Å². The second kappa shape index (κ2) is 8.27. The normalized spacial score (nSPS) is 26.0. The van der Waals surface area contributed by atoms with E-state index in [1.165, 1.54) is 0 Å². The van der Waals surface area contributed by atoms with Gasteiger partial charge in [0.2, 0.25) is 5.91 Å². The first kappa shape index (κ1) is 20.1. The highest BCUT2D eigenvalue weighted by molar-refractivity contribution is 5.81. The zero-order chi connectivity index (χ0) is 17.7. The molecule has 0 saturated carbocycles. The first-order chi connectivity index (χ1) is 10.5. The summed E-state index contributed by atoms with van der Waals surface area (Å²) in [6, 6.07) is -0.170. The molecule has 0 bridgehead atoms. The van der Waals surface area contributed by atoms with Crippen LogP contribution in [0.25, 0.3) is 0 Å². The van der Waals surface area contributed by atoms with Gasteiger partial charge < -0.3 is 19.9 Å². The van der Waals surface area contributed by atoms with Crippen LogP contribution in [0.4, 0.5) is 0 Å². The lowest BCUT2D eigenvalue weighted by Gasteiger charge is -2.32. The Morgan fingerprint density at radius 1 is 1.22 bits per heavy atom. The van der Waals surface area contributed by atoms with Crippen molar-refractivity contribution in [3.05, 3.63) is 12.2 Å². The van der Waals surface area contributed by atoms with Gasteiger partial charge in [0.25, 0.3) is 6.48 Å². The smallest absolute Gasteiger partial charge is 0.270 e. The number of nitrogens with one attached hydrogen (secondary N) is 1. The molecule has 0 saturated heterocycles. The van der Waals surface area contributed by atoms with Crippen molar-refractivity contribution in [2.75, 3.05) is 0 Å². The third-order valence-electron chi connectivity index (χ3n) is 3.58. The Bertz CT molecular complexity index is 406. The van der Waals surface area contributed by atoms with E-state index in [4.69, 9.17) is 9.47 Å². The molecule has 0 fully saturated rings. The van der Waals surface area contributed by atoms with Crippen LogP contribution in [0.3, 0.4) is 0 Å². The van der Waals surface area contributed by atoms with Crippen molar-refractivity contribution in [2.45, 2.75) is 91.4 Å². The molecule has 0 spiro atoms. The highest BCUT2D eigenvalue weighted by Gasteiger charge is 2.30. The summed E-state index contributed by atoms with van der Waals surface area (Å²) < 4.78 is 11.1. The Morgan fingerprint density at radius 2 is 1.87 bits per heavy atom. The van der Waals surface area contributed by atoms with Crippen molar-refractivity contribution in [3.8, 4) is 0 Å². The van der Waals surface area contributed by atoms with Gasteiger partial charge in [-0.3, -0.25) is 4.79 Å². The first-order valence-corrected chi connectivity index (χ1v) is 8.48. The lowest BCUT2D eigenvalue weighted by Crippen LogP contribution is -2.49. The third-order valence-corrected chi connectivity index (χ3v) is 3.58. The lowest BCUT2D eigenvalue weighted by molar-refractivity contribution is -0.310. The first-order valence-electron chi connectivity index (χ1n) is 8.48. The minimum absolute atomic E-state index is 0.0173. The molecule has 3 atom stereocenters. The van der Waals surface area contributed by atoms with Gasteiger partial charge in [0.15, 0.2) is 0 Å². The van der Waals surface area contributed by atoms with Crippen molar-refractivity contribution in [2.24, 2.45) is 5.41 Å². The molecule has 2 N–H and O–H groups in total. The second-order valence-corrected chi connectivity index (χ2v) is 8.18. The molecule has 0 aliphatic heterocycles. The second-order valence-electron chi connectivity index (χ2n) is 8.18. The van der Waals surface area contributed by atoms with Crippen LogP contribution in [-0.4, -0.2) is 35.2 Å². The summed E-state index contributed by atoms with van der Waals surface area (Å²) in [6.07, 6.45) is 7.46. The maximum absolute atomic E-state index is 12.3. The van der Waals surface area contributed by atoms with Gasteiger partial charge in [-0.1, -0.05) is 39.3 Å². The number of aliphatic hydroxyl groups excluding tert-OH is 1. The largest absolute Gasteiger partial charge is 0.350 e. The molecule has 0 aromatic heterocycles. The van der Waals surface area contributed by atoms with E-state index in [1.54, 1.807) is 0 Å². The average Bonchev–Trinajstić information content (AvgIpc) is 2.33. The quantitative estimate of drug-likeness (QED) is 0.615. The van der Waals surface area contributed by atoms with Crippen LogP contribution in [-0.2, 0) is 14.3 Å². The summed E-state index contributed by atoms with van der Waals surface area (Å²) in [5.74, 6) is -0.0173. The van der Waals surface area contributed by atoms with Crippen LogP contribution in [0.5, 0.6) is 0 Å². The number of ether oxygens (including phenoxy) is 2. The van der Waals surface area contributed by atoms with Gasteiger partial charge in [-0.05, 0) is 40.0 Å². The highest BCUT2D eigenvalue weighted by Crippen LogP contribution is 2.21. The van der Waals surface area contributed by atoms with Gasteiger partial charge in [-0.25, -0.2) is 0 Å². The molecule has 1 aliphatic rings. The summed E-state index contributed by atoms with van der Waals surface area (Å²) >= 11 is 0. The van der Waals surface area contributed by atoms with Crippen LogP contribution in [0, 0.1) is 5.41 Å². The van der Waals surface area contributed by atoms with Crippen LogP contribution in [0.2, 0.25) is 0 Å².